The molecule has 1 amide bonds. The number of benzene rings is 1. The first kappa shape index (κ1) is 18.3. The maximum atomic E-state index is 12.4. The number of carbonyl (C=O) groups is 1. The lowest BCUT2D eigenvalue weighted by Gasteiger charge is -2.40. The van der Waals surface area contributed by atoms with Gasteiger partial charge < -0.3 is 40.6 Å². The summed E-state index contributed by atoms with van der Waals surface area (Å²) in [5, 5.41) is 51.1. The van der Waals surface area contributed by atoms with Gasteiger partial charge in [0, 0.05) is 11.5 Å². The highest BCUT2D eigenvalue weighted by molar-refractivity contribution is 5.96. The minimum absolute atomic E-state index is 0.0616. The van der Waals surface area contributed by atoms with Gasteiger partial charge in [-0.25, -0.2) is 0 Å². The van der Waals surface area contributed by atoms with Crippen molar-refractivity contribution >= 4 is 16.8 Å². The lowest BCUT2D eigenvalue weighted by molar-refractivity contribution is -0.252. The maximum absolute atomic E-state index is 12.4. The van der Waals surface area contributed by atoms with E-state index < -0.39 is 48.6 Å². The fourth-order valence-electron chi connectivity index (χ4n) is 2.86. The lowest BCUT2D eigenvalue weighted by atomic mass is 9.97. The van der Waals surface area contributed by atoms with Crippen LogP contribution in [0.1, 0.15) is 10.5 Å². The minimum atomic E-state index is -1.69. The van der Waals surface area contributed by atoms with Gasteiger partial charge in [0.15, 0.2) is 11.7 Å². The Morgan fingerprint density at radius 1 is 1.23 bits per heavy atom. The van der Waals surface area contributed by atoms with Gasteiger partial charge in [-0.3, -0.25) is 9.59 Å². The average Bonchev–Trinajstić information content (AvgIpc) is 2.62. The number of aromatic hydroxyl groups is 1. The number of H-pyrrole nitrogens is 1. The number of carbonyl (C=O) groups excluding carboxylic acids is 1. The van der Waals surface area contributed by atoms with E-state index in [0.717, 1.165) is 6.07 Å². The lowest BCUT2D eigenvalue weighted by Crippen LogP contribution is -2.64. The third-order valence-corrected chi connectivity index (χ3v) is 4.29. The standard InChI is InChI=1S/C16H18N2O8/c19-5-10-13(22)14(23)12(16(25)26-10)18-15(24)7-4-9(21)6-2-1-3-8(20)11(6)17-7/h1-4,10,12-14,16,19-20,22-23,25H,5H2,(H,17,21)(H,18,24)/t10?,12?,13-,14?,16-/m1/s1. The highest BCUT2D eigenvalue weighted by Crippen LogP contribution is 2.21. The number of phenolic OH excluding ortho intramolecular Hbond substituents is 1. The summed E-state index contributed by atoms with van der Waals surface area (Å²) in [6.45, 7) is -0.632. The number of phenols is 1. The Hall–Kier alpha value is -2.50. The fraction of sp³-hybridized carbons (Fsp3) is 0.375. The Balaban J connectivity index is 1.87. The molecule has 0 spiro atoms. The summed E-state index contributed by atoms with van der Waals surface area (Å²) in [5.41, 5.74) is -0.671. The molecule has 3 rings (SSSR count). The maximum Gasteiger partial charge on any atom is 0.268 e. The summed E-state index contributed by atoms with van der Waals surface area (Å²) in [4.78, 5) is 27.1. The molecule has 7 N–H and O–H groups in total. The zero-order chi connectivity index (χ0) is 19.0. The quantitative estimate of drug-likeness (QED) is 0.319. The molecule has 26 heavy (non-hydrogen) atoms. The number of pyridine rings is 1. The highest BCUT2D eigenvalue weighted by atomic mass is 16.6. The summed E-state index contributed by atoms with van der Waals surface area (Å²) in [6, 6.07) is 3.91. The summed E-state index contributed by atoms with van der Waals surface area (Å²) in [7, 11) is 0. The van der Waals surface area contributed by atoms with Crippen LogP contribution in [0.15, 0.2) is 29.1 Å². The number of aromatic nitrogens is 1. The van der Waals surface area contributed by atoms with Gasteiger partial charge in [0.1, 0.15) is 35.8 Å². The number of aromatic amines is 1. The van der Waals surface area contributed by atoms with E-state index in [1.165, 1.54) is 18.2 Å². The third kappa shape index (κ3) is 3.16. The van der Waals surface area contributed by atoms with Gasteiger partial charge in [0.25, 0.3) is 5.91 Å². The first-order chi connectivity index (χ1) is 12.3. The molecule has 140 valence electrons. The molecule has 1 saturated heterocycles. The Morgan fingerprint density at radius 2 is 1.96 bits per heavy atom. The first-order valence-corrected chi connectivity index (χ1v) is 7.80. The van der Waals surface area contributed by atoms with E-state index in [1.54, 1.807) is 0 Å². The van der Waals surface area contributed by atoms with Crippen molar-refractivity contribution in [3.8, 4) is 5.75 Å². The number of aliphatic hydroxyl groups is 4. The number of para-hydroxylation sites is 1. The molecule has 10 nitrogen and oxygen atoms in total. The Bertz CT molecular complexity index is 882. The zero-order valence-corrected chi connectivity index (χ0v) is 13.4. The van der Waals surface area contributed by atoms with Crippen LogP contribution < -0.4 is 10.7 Å². The second kappa shape index (κ2) is 7.02. The van der Waals surface area contributed by atoms with Crippen molar-refractivity contribution in [2.24, 2.45) is 0 Å². The van der Waals surface area contributed by atoms with Crippen molar-refractivity contribution in [3.05, 3.63) is 40.2 Å². The van der Waals surface area contributed by atoms with Crippen LogP contribution in [-0.4, -0.2) is 73.7 Å². The molecule has 0 bridgehead atoms. The van der Waals surface area contributed by atoms with Gasteiger partial charge in [-0.2, -0.15) is 0 Å². The SMILES string of the molecule is O=C(NC1C(O)[C@H](O)C(CO)O[C@H]1O)c1cc(=O)c2cccc(O)c2[nH]1. The van der Waals surface area contributed by atoms with Crippen LogP contribution in [0.4, 0.5) is 0 Å². The van der Waals surface area contributed by atoms with Gasteiger partial charge in [-0.1, -0.05) is 6.07 Å². The van der Waals surface area contributed by atoms with Crippen LogP contribution in [0.25, 0.3) is 10.9 Å². The van der Waals surface area contributed by atoms with Gasteiger partial charge >= 0.3 is 0 Å². The average molecular weight is 366 g/mol. The molecule has 1 aromatic carbocycles. The first-order valence-electron chi connectivity index (χ1n) is 7.80. The zero-order valence-electron chi connectivity index (χ0n) is 13.4. The molecule has 2 aromatic rings. The van der Waals surface area contributed by atoms with Crippen molar-refractivity contribution in [1.29, 1.82) is 0 Å². The summed E-state index contributed by atoms with van der Waals surface area (Å²) in [6.07, 6.45) is -6.03. The summed E-state index contributed by atoms with van der Waals surface area (Å²) >= 11 is 0. The highest BCUT2D eigenvalue weighted by Gasteiger charge is 2.44. The molecule has 1 fully saturated rings. The summed E-state index contributed by atoms with van der Waals surface area (Å²) < 4.78 is 4.95. The second-order valence-electron chi connectivity index (χ2n) is 5.98. The molecule has 10 heteroatoms. The predicted octanol–water partition coefficient (Wildman–Crippen LogP) is -2.24. The molecule has 5 atom stereocenters. The smallest absolute Gasteiger partial charge is 0.268 e. The Kier molecular flexibility index (Phi) is 4.94. The molecular weight excluding hydrogens is 348 g/mol. The predicted molar refractivity (Wildman–Crippen MR) is 87.5 cm³/mol. The molecule has 1 aliphatic heterocycles. The number of rotatable bonds is 3. The monoisotopic (exact) mass is 366 g/mol. The normalized spacial score (nSPS) is 28.8. The molecule has 1 aliphatic rings. The Morgan fingerprint density at radius 3 is 2.65 bits per heavy atom. The Labute approximate surface area is 146 Å². The van der Waals surface area contributed by atoms with Crippen molar-refractivity contribution < 1.29 is 35.1 Å². The number of hydrogen-bond acceptors (Lipinski definition) is 8. The van der Waals surface area contributed by atoms with Crippen LogP contribution in [0.3, 0.4) is 0 Å². The van der Waals surface area contributed by atoms with Crippen LogP contribution in [0, 0.1) is 0 Å². The van der Waals surface area contributed by atoms with Crippen LogP contribution in [0.5, 0.6) is 5.75 Å². The van der Waals surface area contributed by atoms with Crippen molar-refractivity contribution in [2.45, 2.75) is 30.6 Å². The largest absolute Gasteiger partial charge is 0.506 e. The number of hydrogen-bond donors (Lipinski definition) is 7. The fourth-order valence-corrected chi connectivity index (χ4v) is 2.86. The number of nitrogens with one attached hydrogen (secondary N) is 2. The van der Waals surface area contributed by atoms with Gasteiger partial charge in [-0.15, -0.1) is 0 Å². The van der Waals surface area contributed by atoms with Crippen molar-refractivity contribution in [1.82, 2.24) is 10.3 Å². The van der Waals surface area contributed by atoms with Crippen molar-refractivity contribution in [2.75, 3.05) is 6.61 Å². The van der Waals surface area contributed by atoms with Crippen LogP contribution >= 0.6 is 0 Å². The van der Waals surface area contributed by atoms with Crippen LogP contribution in [-0.2, 0) is 4.74 Å². The van der Waals surface area contributed by atoms with E-state index in [4.69, 9.17) is 9.84 Å². The number of fused-ring (bicyclic) bond motifs is 1. The number of ether oxygens (including phenoxy) is 1. The van der Waals surface area contributed by atoms with E-state index in [9.17, 15) is 30.0 Å². The molecule has 1 aromatic heterocycles. The van der Waals surface area contributed by atoms with Crippen molar-refractivity contribution in [3.63, 3.8) is 0 Å². The van der Waals surface area contributed by atoms with E-state index in [-0.39, 0.29) is 22.3 Å². The van der Waals surface area contributed by atoms with Crippen LogP contribution in [0.2, 0.25) is 0 Å². The van der Waals surface area contributed by atoms with E-state index >= 15 is 0 Å². The third-order valence-electron chi connectivity index (χ3n) is 4.29. The minimum Gasteiger partial charge on any atom is -0.506 e. The van der Waals surface area contributed by atoms with Gasteiger partial charge in [0.2, 0.25) is 0 Å². The van der Waals surface area contributed by atoms with Gasteiger partial charge in [-0.05, 0) is 12.1 Å². The van der Waals surface area contributed by atoms with E-state index in [2.05, 4.69) is 10.3 Å². The molecule has 2 heterocycles. The van der Waals surface area contributed by atoms with Gasteiger partial charge in [0.05, 0.1) is 12.1 Å². The second-order valence-corrected chi connectivity index (χ2v) is 5.98. The molecule has 3 unspecified atom stereocenters. The molecule has 0 saturated carbocycles. The number of amides is 1. The number of aliphatic hydroxyl groups excluding tert-OH is 4. The van der Waals surface area contributed by atoms with E-state index in [0.29, 0.717) is 0 Å². The van der Waals surface area contributed by atoms with E-state index in [1.807, 2.05) is 0 Å². The molecule has 0 radical (unpaired) electrons. The topological polar surface area (TPSA) is 172 Å². The molecule has 0 aliphatic carbocycles. The summed E-state index contributed by atoms with van der Waals surface area (Å²) in [5.74, 6) is -1.09. The molecular formula is C16H18N2O8.